The molecule has 2 rings (SSSR count). The second-order valence-corrected chi connectivity index (χ2v) is 6.27. The molecule has 0 bridgehead atoms. The van der Waals surface area contributed by atoms with Crippen LogP contribution in [0.15, 0.2) is 29.2 Å². The molecule has 2 N–H and O–H groups in total. The van der Waals surface area contributed by atoms with Crippen molar-refractivity contribution >= 4 is 34.0 Å². The van der Waals surface area contributed by atoms with Crippen molar-refractivity contribution in [2.45, 2.75) is 23.8 Å². The van der Waals surface area contributed by atoms with E-state index in [4.69, 9.17) is 11.6 Å². The second kappa shape index (κ2) is 6.73. The topological polar surface area (TPSA) is 58.2 Å². The van der Waals surface area contributed by atoms with E-state index in [-0.39, 0.29) is 23.3 Å². The average Bonchev–Trinajstić information content (AvgIpc) is 2.30. The molecule has 1 aromatic rings. The van der Waals surface area contributed by atoms with Gasteiger partial charge in [0.15, 0.2) is 0 Å². The maximum atomic E-state index is 12.0. The van der Waals surface area contributed by atoms with Crippen molar-refractivity contribution in [1.82, 2.24) is 10.0 Å². The van der Waals surface area contributed by atoms with Crippen LogP contribution in [-0.2, 0) is 10.0 Å². The van der Waals surface area contributed by atoms with Crippen LogP contribution in [0, 0.1) is 0 Å². The molecular weight excluding hydrogens is 295 g/mol. The van der Waals surface area contributed by atoms with Crippen LogP contribution >= 0.6 is 24.0 Å². The van der Waals surface area contributed by atoms with Crippen LogP contribution in [-0.4, -0.2) is 27.5 Å². The predicted molar refractivity (Wildman–Crippen MR) is 74.9 cm³/mol. The lowest BCUT2D eigenvalue weighted by Gasteiger charge is -2.23. The number of piperidine rings is 1. The van der Waals surface area contributed by atoms with Gasteiger partial charge in [0.1, 0.15) is 0 Å². The molecule has 7 heteroatoms. The summed E-state index contributed by atoms with van der Waals surface area (Å²) < 4.78 is 26.8. The number of hydrogen-bond donors (Lipinski definition) is 2. The molecule has 0 radical (unpaired) electrons. The zero-order valence-corrected chi connectivity index (χ0v) is 12.1. The maximum absolute atomic E-state index is 12.0. The first-order valence-electron chi connectivity index (χ1n) is 5.56. The third kappa shape index (κ3) is 4.10. The Morgan fingerprint density at radius 3 is 2.50 bits per heavy atom. The van der Waals surface area contributed by atoms with E-state index in [9.17, 15) is 8.42 Å². The highest BCUT2D eigenvalue weighted by atomic mass is 35.5. The van der Waals surface area contributed by atoms with Crippen LogP contribution in [0.5, 0.6) is 0 Å². The standard InChI is InChI=1S/C11H15ClN2O2S.ClH/c12-9-3-5-11(6-4-9)17(15,16)14-10-2-1-7-13-8-10;/h3-6,10,13-14H,1-2,7-8H2;1H/t10-;/m0./s1. The molecular formula is C11H16Cl2N2O2S. The van der Waals surface area contributed by atoms with E-state index in [1.54, 1.807) is 12.1 Å². The number of hydrogen-bond acceptors (Lipinski definition) is 3. The van der Waals surface area contributed by atoms with Crippen molar-refractivity contribution in [2.24, 2.45) is 0 Å². The Bertz CT molecular complexity index is 470. The van der Waals surface area contributed by atoms with Crippen LogP contribution < -0.4 is 10.0 Å². The second-order valence-electron chi connectivity index (χ2n) is 4.12. The number of halogens is 2. The van der Waals surface area contributed by atoms with E-state index in [0.717, 1.165) is 19.4 Å². The van der Waals surface area contributed by atoms with Gasteiger partial charge in [-0.1, -0.05) is 11.6 Å². The molecule has 1 aromatic carbocycles. The van der Waals surface area contributed by atoms with E-state index in [1.165, 1.54) is 12.1 Å². The fourth-order valence-electron chi connectivity index (χ4n) is 1.85. The van der Waals surface area contributed by atoms with E-state index in [0.29, 0.717) is 11.6 Å². The molecule has 0 spiro atoms. The van der Waals surface area contributed by atoms with Gasteiger partial charge in [0.2, 0.25) is 10.0 Å². The fraction of sp³-hybridized carbons (Fsp3) is 0.455. The predicted octanol–water partition coefficient (Wildman–Crippen LogP) is 1.79. The van der Waals surface area contributed by atoms with Crippen LogP contribution in [0.25, 0.3) is 0 Å². The summed E-state index contributed by atoms with van der Waals surface area (Å²) in [6, 6.07) is 6.16. The first-order valence-corrected chi connectivity index (χ1v) is 7.43. The molecule has 0 unspecified atom stereocenters. The number of sulfonamides is 1. The summed E-state index contributed by atoms with van der Waals surface area (Å²) in [7, 11) is -3.43. The van der Waals surface area contributed by atoms with Gasteiger partial charge in [0.05, 0.1) is 4.90 Å². The smallest absolute Gasteiger partial charge is 0.240 e. The van der Waals surface area contributed by atoms with Crippen molar-refractivity contribution in [1.29, 1.82) is 0 Å². The molecule has 0 aliphatic carbocycles. The lowest BCUT2D eigenvalue weighted by Crippen LogP contribution is -2.45. The molecule has 1 fully saturated rings. The molecule has 0 saturated carbocycles. The van der Waals surface area contributed by atoms with Crippen LogP contribution in [0.4, 0.5) is 0 Å². The molecule has 4 nitrogen and oxygen atoms in total. The monoisotopic (exact) mass is 310 g/mol. The van der Waals surface area contributed by atoms with Gasteiger partial charge in [-0.05, 0) is 43.7 Å². The fourth-order valence-corrected chi connectivity index (χ4v) is 3.25. The number of rotatable bonds is 3. The summed E-state index contributed by atoms with van der Waals surface area (Å²) in [6.07, 6.45) is 1.87. The van der Waals surface area contributed by atoms with Gasteiger partial charge in [0.25, 0.3) is 0 Å². The minimum atomic E-state index is -3.43. The quantitative estimate of drug-likeness (QED) is 0.895. The number of benzene rings is 1. The maximum Gasteiger partial charge on any atom is 0.240 e. The molecule has 1 saturated heterocycles. The zero-order valence-electron chi connectivity index (χ0n) is 9.73. The highest BCUT2D eigenvalue weighted by molar-refractivity contribution is 7.89. The van der Waals surface area contributed by atoms with Crippen LogP contribution in [0.2, 0.25) is 5.02 Å². The summed E-state index contributed by atoms with van der Waals surface area (Å²) >= 11 is 5.73. The Balaban J connectivity index is 0.00000162. The van der Waals surface area contributed by atoms with Crippen molar-refractivity contribution in [2.75, 3.05) is 13.1 Å². The van der Waals surface area contributed by atoms with Crippen LogP contribution in [0.3, 0.4) is 0 Å². The molecule has 18 heavy (non-hydrogen) atoms. The Morgan fingerprint density at radius 2 is 1.94 bits per heavy atom. The highest BCUT2D eigenvalue weighted by Gasteiger charge is 2.21. The Morgan fingerprint density at radius 1 is 1.28 bits per heavy atom. The molecule has 1 aliphatic rings. The molecule has 0 amide bonds. The van der Waals surface area contributed by atoms with Gasteiger partial charge in [-0.25, -0.2) is 13.1 Å². The summed E-state index contributed by atoms with van der Waals surface area (Å²) in [4.78, 5) is 0.257. The van der Waals surface area contributed by atoms with Gasteiger partial charge < -0.3 is 5.32 Å². The molecule has 1 aliphatic heterocycles. The minimum Gasteiger partial charge on any atom is -0.315 e. The molecule has 1 heterocycles. The van der Waals surface area contributed by atoms with Crippen molar-refractivity contribution in [3.8, 4) is 0 Å². The van der Waals surface area contributed by atoms with E-state index < -0.39 is 10.0 Å². The Kier molecular flexibility index (Phi) is 5.88. The third-order valence-corrected chi connectivity index (χ3v) is 4.53. The number of nitrogens with one attached hydrogen (secondary N) is 2. The summed E-state index contributed by atoms with van der Waals surface area (Å²) in [6.45, 7) is 1.64. The summed E-state index contributed by atoms with van der Waals surface area (Å²) in [5, 5.41) is 3.70. The van der Waals surface area contributed by atoms with Gasteiger partial charge in [-0.3, -0.25) is 0 Å². The van der Waals surface area contributed by atoms with Gasteiger partial charge in [-0.15, -0.1) is 12.4 Å². The summed E-state index contributed by atoms with van der Waals surface area (Å²) in [5.74, 6) is 0. The van der Waals surface area contributed by atoms with Crippen LogP contribution in [0.1, 0.15) is 12.8 Å². The third-order valence-electron chi connectivity index (χ3n) is 2.74. The molecule has 102 valence electrons. The molecule has 1 atom stereocenters. The summed E-state index contributed by atoms with van der Waals surface area (Å²) in [5.41, 5.74) is 0. The van der Waals surface area contributed by atoms with Gasteiger partial charge in [-0.2, -0.15) is 0 Å². The van der Waals surface area contributed by atoms with Gasteiger partial charge >= 0.3 is 0 Å². The lowest BCUT2D eigenvalue weighted by molar-refractivity contribution is 0.428. The van der Waals surface area contributed by atoms with Gasteiger partial charge in [0, 0.05) is 17.6 Å². The van der Waals surface area contributed by atoms with E-state index in [2.05, 4.69) is 10.0 Å². The Labute approximate surface area is 119 Å². The Hall–Kier alpha value is -0.330. The van der Waals surface area contributed by atoms with Crippen molar-refractivity contribution in [3.63, 3.8) is 0 Å². The minimum absolute atomic E-state index is 0. The average molecular weight is 311 g/mol. The SMILES string of the molecule is Cl.O=S(=O)(N[C@H]1CCCNC1)c1ccc(Cl)cc1. The molecule has 0 aromatic heterocycles. The van der Waals surface area contributed by atoms with E-state index >= 15 is 0 Å². The van der Waals surface area contributed by atoms with Crippen molar-refractivity contribution < 1.29 is 8.42 Å². The first kappa shape index (κ1) is 15.7. The highest BCUT2D eigenvalue weighted by Crippen LogP contribution is 2.15. The van der Waals surface area contributed by atoms with Crippen molar-refractivity contribution in [3.05, 3.63) is 29.3 Å². The zero-order chi connectivity index (χ0) is 12.3. The first-order chi connectivity index (χ1) is 8.08. The normalized spacial score (nSPS) is 20.2. The lowest BCUT2D eigenvalue weighted by atomic mass is 10.1. The largest absolute Gasteiger partial charge is 0.315 e. The van der Waals surface area contributed by atoms with E-state index in [1.807, 2.05) is 0 Å².